The SMILES string of the molecule is CC(=O)N/C(=C\c1ccccc1)C(=O)OCC(=O)Nc1ccccc1[N+](=O)[O-]. The maximum Gasteiger partial charge on any atom is 0.355 e. The van der Waals surface area contributed by atoms with Crippen LogP contribution in [0.5, 0.6) is 0 Å². The van der Waals surface area contributed by atoms with Crippen molar-refractivity contribution >= 4 is 35.2 Å². The lowest BCUT2D eigenvalue weighted by atomic mass is 10.2. The second-order valence-electron chi connectivity index (χ2n) is 5.55. The minimum Gasteiger partial charge on any atom is -0.451 e. The van der Waals surface area contributed by atoms with Crippen molar-refractivity contribution in [2.45, 2.75) is 6.92 Å². The Morgan fingerprint density at radius 3 is 2.36 bits per heavy atom. The Hall–Kier alpha value is -4.01. The van der Waals surface area contributed by atoms with Crippen LogP contribution < -0.4 is 10.6 Å². The summed E-state index contributed by atoms with van der Waals surface area (Å²) in [5, 5.41) is 15.6. The summed E-state index contributed by atoms with van der Waals surface area (Å²) in [6, 6.07) is 14.3. The van der Waals surface area contributed by atoms with E-state index in [1.165, 1.54) is 37.3 Å². The zero-order chi connectivity index (χ0) is 20.5. The molecule has 0 aromatic heterocycles. The molecule has 0 aliphatic rings. The third-order valence-corrected chi connectivity index (χ3v) is 3.35. The topological polar surface area (TPSA) is 128 Å². The first-order valence-corrected chi connectivity index (χ1v) is 8.11. The van der Waals surface area contributed by atoms with Crippen LogP contribution in [-0.2, 0) is 19.1 Å². The van der Waals surface area contributed by atoms with Crippen molar-refractivity contribution < 1.29 is 24.0 Å². The van der Waals surface area contributed by atoms with E-state index >= 15 is 0 Å². The van der Waals surface area contributed by atoms with E-state index in [1.807, 2.05) is 0 Å². The fourth-order valence-electron chi connectivity index (χ4n) is 2.19. The first-order valence-electron chi connectivity index (χ1n) is 8.11. The van der Waals surface area contributed by atoms with E-state index in [0.717, 1.165) is 0 Å². The van der Waals surface area contributed by atoms with Gasteiger partial charge in [0.05, 0.1) is 4.92 Å². The van der Waals surface area contributed by atoms with Gasteiger partial charge in [-0.2, -0.15) is 0 Å². The number of hydrogen-bond acceptors (Lipinski definition) is 6. The molecule has 0 bridgehead atoms. The summed E-state index contributed by atoms with van der Waals surface area (Å²) in [4.78, 5) is 45.8. The molecule has 0 spiro atoms. The van der Waals surface area contributed by atoms with Gasteiger partial charge in [0.1, 0.15) is 11.4 Å². The Bertz CT molecular complexity index is 924. The number of esters is 1. The maximum atomic E-state index is 12.2. The second kappa shape index (κ2) is 9.62. The average molecular weight is 383 g/mol. The molecule has 0 fully saturated rings. The highest BCUT2D eigenvalue weighted by Crippen LogP contribution is 2.22. The number of para-hydroxylation sites is 2. The summed E-state index contributed by atoms with van der Waals surface area (Å²) in [5.41, 5.74) is 0.199. The summed E-state index contributed by atoms with van der Waals surface area (Å²) in [6.45, 7) is 0.546. The number of amides is 2. The van der Waals surface area contributed by atoms with Gasteiger partial charge in [0.15, 0.2) is 6.61 Å². The molecule has 0 radical (unpaired) electrons. The van der Waals surface area contributed by atoms with Crippen molar-refractivity contribution in [2.75, 3.05) is 11.9 Å². The zero-order valence-corrected chi connectivity index (χ0v) is 14.9. The van der Waals surface area contributed by atoms with Gasteiger partial charge < -0.3 is 15.4 Å². The Morgan fingerprint density at radius 1 is 1.07 bits per heavy atom. The van der Waals surface area contributed by atoms with Crippen molar-refractivity contribution in [1.29, 1.82) is 0 Å². The van der Waals surface area contributed by atoms with Crippen molar-refractivity contribution in [1.82, 2.24) is 5.32 Å². The van der Waals surface area contributed by atoms with E-state index in [1.54, 1.807) is 30.3 Å². The maximum absolute atomic E-state index is 12.2. The third-order valence-electron chi connectivity index (χ3n) is 3.35. The van der Waals surface area contributed by atoms with E-state index in [0.29, 0.717) is 5.56 Å². The summed E-state index contributed by atoms with van der Waals surface area (Å²) in [6.07, 6.45) is 1.41. The van der Waals surface area contributed by atoms with E-state index in [-0.39, 0.29) is 17.1 Å². The molecule has 2 amide bonds. The molecule has 0 aliphatic heterocycles. The highest BCUT2D eigenvalue weighted by atomic mass is 16.6. The van der Waals surface area contributed by atoms with Crippen LogP contribution in [0.2, 0.25) is 0 Å². The summed E-state index contributed by atoms with van der Waals surface area (Å²) in [5.74, 6) is -2.16. The molecule has 2 aromatic rings. The number of benzene rings is 2. The van der Waals surface area contributed by atoms with Gasteiger partial charge in [0.2, 0.25) is 5.91 Å². The number of ether oxygens (including phenoxy) is 1. The highest BCUT2D eigenvalue weighted by Gasteiger charge is 2.18. The number of nitrogens with one attached hydrogen (secondary N) is 2. The van der Waals surface area contributed by atoms with Crippen LogP contribution in [0.25, 0.3) is 6.08 Å². The highest BCUT2D eigenvalue weighted by molar-refractivity contribution is 6.00. The van der Waals surface area contributed by atoms with Crippen LogP contribution in [-0.4, -0.2) is 29.3 Å². The molecule has 9 nitrogen and oxygen atoms in total. The molecule has 0 unspecified atom stereocenters. The number of nitro groups is 1. The summed E-state index contributed by atoms with van der Waals surface area (Å²) in [7, 11) is 0. The largest absolute Gasteiger partial charge is 0.451 e. The fraction of sp³-hybridized carbons (Fsp3) is 0.105. The molecule has 144 valence electrons. The van der Waals surface area contributed by atoms with Crippen molar-refractivity contribution in [3.63, 3.8) is 0 Å². The van der Waals surface area contributed by atoms with Gasteiger partial charge in [0, 0.05) is 13.0 Å². The van der Waals surface area contributed by atoms with Gasteiger partial charge >= 0.3 is 5.97 Å². The number of rotatable bonds is 7. The Morgan fingerprint density at radius 2 is 1.71 bits per heavy atom. The van der Waals surface area contributed by atoms with Gasteiger partial charge in [0.25, 0.3) is 11.6 Å². The predicted octanol–water partition coefficient (Wildman–Crippen LogP) is 2.25. The third kappa shape index (κ3) is 6.06. The van der Waals surface area contributed by atoms with Crippen LogP contribution >= 0.6 is 0 Å². The minimum atomic E-state index is -0.920. The van der Waals surface area contributed by atoms with Gasteiger partial charge in [-0.05, 0) is 17.7 Å². The van der Waals surface area contributed by atoms with Gasteiger partial charge in [-0.15, -0.1) is 0 Å². The minimum absolute atomic E-state index is 0.0181. The monoisotopic (exact) mass is 383 g/mol. The first-order chi connectivity index (χ1) is 13.4. The number of hydrogen-bond donors (Lipinski definition) is 2. The van der Waals surface area contributed by atoms with Crippen molar-refractivity contribution in [3.05, 3.63) is 76.0 Å². The molecule has 0 atom stereocenters. The summed E-state index contributed by atoms with van der Waals surface area (Å²) < 4.78 is 4.91. The predicted molar refractivity (Wildman–Crippen MR) is 101 cm³/mol. The normalized spacial score (nSPS) is 10.7. The standard InChI is InChI=1S/C19H17N3O6/c1-13(23)20-16(11-14-7-3-2-4-8-14)19(25)28-12-18(24)21-15-9-5-6-10-17(15)22(26)27/h2-11H,12H2,1H3,(H,20,23)(H,21,24)/b16-11-. The Labute approximate surface area is 160 Å². The Balaban J connectivity index is 2.04. The van der Waals surface area contributed by atoms with Crippen LogP contribution in [0.15, 0.2) is 60.3 Å². The number of anilines is 1. The number of nitro benzene ring substituents is 1. The molecule has 0 saturated heterocycles. The fourth-order valence-corrected chi connectivity index (χ4v) is 2.19. The molecule has 2 rings (SSSR count). The quantitative estimate of drug-likeness (QED) is 0.327. The van der Waals surface area contributed by atoms with Crippen LogP contribution in [0.3, 0.4) is 0 Å². The van der Waals surface area contributed by atoms with E-state index in [9.17, 15) is 24.5 Å². The lowest BCUT2D eigenvalue weighted by Gasteiger charge is -2.10. The van der Waals surface area contributed by atoms with Crippen molar-refractivity contribution in [3.8, 4) is 0 Å². The van der Waals surface area contributed by atoms with E-state index in [2.05, 4.69) is 10.6 Å². The molecule has 0 aliphatic carbocycles. The molecule has 2 N–H and O–H groups in total. The molecule has 0 heterocycles. The average Bonchev–Trinajstić information content (AvgIpc) is 2.66. The smallest absolute Gasteiger partial charge is 0.355 e. The molecular weight excluding hydrogens is 366 g/mol. The van der Waals surface area contributed by atoms with E-state index < -0.39 is 29.3 Å². The number of carbonyl (C=O) groups is 3. The molecular formula is C19H17N3O6. The number of nitrogens with zero attached hydrogens (tertiary/aromatic N) is 1. The molecule has 9 heteroatoms. The van der Waals surface area contributed by atoms with Crippen LogP contribution in [0, 0.1) is 10.1 Å². The van der Waals surface area contributed by atoms with Crippen molar-refractivity contribution in [2.24, 2.45) is 0 Å². The van der Waals surface area contributed by atoms with Crippen LogP contribution in [0.1, 0.15) is 12.5 Å². The molecule has 2 aromatic carbocycles. The van der Waals surface area contributed by atoms with Crippen LogP contribution in [0.4, 0.5) is 11.4 Å². The van der Waals surface area contributed by atoms with Gasteiger partial charge in [-0.1, -0.05) is 42.5 Å². The number of carbonyl (C=O) groups excluding carboxylic acids is 3. The lowest BCUT2D eigenvalue weighted by Crippen LogP contribution is -2.29. The molecule has 0 saturated carbocycles. The van der Waals surface area contributed by atoms with Gasteiger partial charge in [-0.25, -0.2) is 4.79 Å². The Kier molecular flexibility index (Phi) is 6.98. The summed E-state index contributed by atoms with van der Waals surface area (Å²) >= 11 is 0. The van der Waals surface area contributed by atoms with E-state index in [4.69, 9.17) is 4.74 Å². The zero-order valence-electron chi connectivity index (χ0n) is 14.9. The van der Waals surface area contributed by atoms with Gasteiger partial charge in [-0.3, -0.25) is 19.7 Å². The first kappa shape index (κ1) is 20.3. The molecule has 28 heavy (non-hydrogen) atoms. The second-order valence-corrected chi connectivity index (χ2v) is 5.55. The lowest BCUT2D eigenvalue weighted by molar-refractivity contribution is -0.383.